The Balaban J connectivity index is 2.02. The van der Waals surface area contributed by atoms with E-state index in [0.29, 0.717) is 5.54 Å². The smallest absolute Gasteiger partial charge is 0.118 e. The Morgan fingerprint density at radius 3 is 2.88 bits per heavy atom. The predicted octanol–water partition coefficient (Wildman–Crippen LogP) is 3.51. The summed E-state index contributed by atoms with van der Waals surface area (Å²) in [6.45, 7) is 7.79. The fourth-order valence-corrected chi connectivity index (χ4v) is 4.79. The van der Waals surface area contributed by atoms with Gasteiger partial charge in [0.05, 0.1) is 20.1 Å². The van der Waals surface area contributed by atoms with Crippen LogP contribution in [0.25, 0.3) is 0 Å². The van der Waals surface area contributed by atoms with E-state index < -0.39 is 0 Å². The van der Waals surface area contributed by atoms with Crippen LogP contribution in [-0.4, -0.2) is 30.2 Å². The average Bonchev–Trinajstić information content (AvgIpc) is 2.81. The van der Waals surface area contributed by atoms with Crippen molar-refractivity contribution >= 4 is 0 Å². The minimum atomic E-state index is 0.519. The van der Waals surface area contributed by atoms with Crippen LogP contribution >= 0.6 is 0 Å². The minimum Gasteiger partial charge on any atom is -0.317 e. The van der Waals surface area contributed by atoms with E-state index in [1.165, 1.54) is 56.1 Å². The summed E-state index contributed by atoms with van der Waals surface area (Å²) in [4.78, 5) is 0. The Labute approximate surface area is 100 Å². The van der Waals surface area contributed by atoms with E-state index >= 15 is 0 Å². The van der Waals surface area contributed by atoms with Crippen LogP contribution in [0.1, 0.15) is 52.4 Å². The Morgan fingerprint density at radius 2 is 2.12 bits per heavy atom. The van der Waals surface area contributed by atoms with E-state index in [-0.39, 0.29) is 0 Å². The molecule has 3 rings (SSSR count). The predicted molar refractivity (Wildman–Crippen MR) is 68.2 cm³/mol. The van der Waals surface area contributed by atoms with Gasteiger partial charge in [-0.3, -0.25) is 0 Å². The lowest BCUT2D eigenvalue weighted by atomic mass is 9.79. The average molecular weight is 220 g/mol. The summed E-state index contributed by atoms with van der Waals surface area (Å²) in [5.41, 5.74) is 4.26. The fraction of sp³-hybridized carbons (Fsp3) is 0.867. The van der Waals surface area contributed by atoms with Gasteiger partial charge in [-0.2, -0.15) is 0 Å². The second-order valence-corrected chi connectivity index (χ2v) is 6.74. The first-order valence-corrected chi connectivity index (χ1v) is 7.15. The second kappa shape index (κ2) is 3.35. The number of rotatable bonds is 1. The van der Waals surface area contributed by atoms with Gasteiger partial charge in [0.2, 0.25) is 0 Å². The van der Waals surface area contributed by atoms with E-state index in [0.717, 1.165) is 5.92 Å². The molecule has 3 atom stereocenters. The number of hydrogen-bond acceptors (Lipinski definition) is 0. The topological polar surface area (TPSA) is 0 Å². The van der Waals surface area contributed by atoms with Crippen LogP contribution in [0.5, 0.6) is 0 Å². The Bertz CT molecular complexity index is 343. The maximum atomic E-state index is 2.57. The highest BCUT2D eigenvalue weighted by Crippen LogP contribution is 2.52. The zero-order chi connectivity index (χ0) is 11.4. The van der Waals surface area contributed by atoms with Gasteiger partial charge in [-0.25, -0.2) is 0 Å². The molecule has 1 fully saturated rings. The molecule has 0 saturated carbocycles. The molecule has 0 aromatic carbocycles. The van der Waals surface area contributed by atoms with Crippen LogP contribution in [0.3, 0.4) is 0 Å². The number of likely N-dealkylation sites (N-methyl/N-ethyl adjacent to an activating group) is 1. The molecule has 1 heteroatoms. The fourth-order valence-electron chi connectivity index (χ4n) is 4.79. The van der Waals surface area contributed by atoms with Crippen LogP contribution in [0, 0.1) is 5.92 Å². The maximum Gasteiger partial charge on any atom is 0.118 e. The highest BCUT2D eigenvalue weighted by molar-refractivity contribution is 5.31. The number of fused-ring (bicyclic) bond motifs is 2. The largest absolute Gasteiger partial charge is 0.317 e. The van der Waals surface area contributed by atoms with Gasteiger partial charge in [-0.05, 0) is 38.2 Å². The summed E-state index contributed by atoms with van der Waals surface area (Å²) in [7, 11) is 2.53. The van der Waals surface area contributed by atoms with Crippen molar-refractivity contribution in [3.05, 3.63) is 11.1 Å². The van der Waals surface area contributed by atoms with Crippen molar-refractivity contribution in [2.75, 3.05) is 20.1 Å². The van der Waals surface area contributed by atoms with Gasteiger partial charge in [0, 0.05) is 18.8 Å². The minimum absolute atomic E-state index is 0.519. The maximum absolute atomic E-state index is 2.57. The van der Waals surface area contributed by atoms with Crippen LogP contribution in [-0.2, 0) is 0 Å². The molecule has 3 aliphatic rings. The van der Waals surface area contributed by atoms with E-state index in [1.54, 1.807) is 0 Å². The third kappa shape index (κ3) is 1.21. The molecule has 1 aliphatic carbocycles. The van der Waals surface area contributed by atoms with Gasteiger partial charge in [0.1, 0.15) is 5.54 Å². The molecule has 2 heterocycles. The van der Waals surface area contributed by atoms with Crippen molar-refractivity contribution in [3.63, 3.8) is 0 Å². The first-order valence-electron chi connectivity index (χ1n) is 7.15. The molecule has 16 heavy (non-hydrogen) atoms. The van der Waals surface area contributed by atoms with Gasteiger partial charge in [-0.1, -0.05) is 12.5 Å². The van der Waals surface area contributed by atoms with Crippen molar-refractivity contribution in [1.29, 1.82) is 0 Å². The summed E-state index contributed by atoms with van der Waals surface area (Å²) in [6, 6.07) is 0. The first kappa shape index (κ1) is 10.8. The monoisotopic (exact) mass is 220 g/mol. The summed E-state index contributed by atoms with van der Waals surface area (Å²) in [5.74, 6) is 0.974. The number of quaternary nitrogens is 1. The van der Waals surface area contributed by atoms with Crippen molar-refractivity contribution in [3.8, 4) is 0 Å². The first-order chi connectivity index (χ1) is 7.59. The van der Waals surface area contributed by atoms with Crippen molar-refractivity contribution < 1.29 is 4.48 Å². The third-order valence-corrected chi connectivity index (χ3v) is 6.01. The molecule has 0 bridgehead atoms. The molecule has 0 unspecified atom stereocenters. The normalized spacial score (nSPS) is 47.1. The lowest BCUT2D eigenvalue weighted by molar-refractivity contribution is -0.941. The Hall–Kier alpha value is -0.300. The molecule has 90 valence electrons. The highest BCUT2D eigenvalue weighted by Gasteiger charge is 2.57. The zero-order valence-corrected chi connectivity index (χ0v) is 11.2. The number of hydrogen-bond donors (Lipinski definition) is 0. The summed E-state index contributed by atoms with van der Waals surface area (Å²) < 4.78 is 1.35. The van der Waals surface area contributed by atoms with Crippen LogP contribution in [0.2, 0.25) is 0 Å². The third-order valence-electron chi connectivity index (χ3n) is 6.01. The van der Waals surface area contributed by atoms with Gasteiger partial charge in [-0.15, -0.1) is 0 Å². The SMILES string of the molecule is CC[C@@H]1C[C@]2(C)C3=C(CCC3)CC[N@+]2(C)C1. The molecule has 0 radical (unpaired) electrons. The lowest BCUT2D eigenvalue weighted by Crippen LogP contribution is -2.59. The highest BCUT2D eigenvalue weighted by atomic mass is 15.4. The van der Waals surface area contributed by atoms with Gasteiger partial charge < -0.3 is 4.48 Å². The van der Waals surface area contributed by atoms with Crippen molar-refractivity contribution in [1.82, 2.24) is 0 Å². The summed E-state index contributed by atoms with van der Waals surface area (Å²) in [6.07, 6.45) is 8.51. The van der Waals surface area contributed by atoms with Crippen LogP contribution in [0.4, 0.5) is 0 Å². The second-order valence-electron chi connectivity index (χ2n) is 6.74. The summed E-state index contributed by atoms with van der Waals surface area (Å²) >= 11 is 0. The standard InChI is InChI=1S/C15H26N/c1-4-12-10-15(2)14-7-5-6-13(14)8-9-16(15,3)11-12/h12H,4-11H2,1-3H3/q+1/t12-,15-,16-/m1/s1. The van der Waals surface area contributed by atoms with Gasteiger partial charge >= 0.3 is 0 Å². The number of nitrogens with zero attached hydrogens (tertiary/aromatic N) is 1. The van der Waals surface area contributed by atoms with Gasteiger partial charge in [0.25, 0.3) is 0 Å². The molecule has 0 N–H and O–H groups in total. The molecule has 0 aromatic heterocycles. The molecule has 1 nitrogen and oxygen atoms in total. The van der Waals surface area contributed by atoms with E-state index in [4.69, 9.17) is 0 Å². The van der Waals surface area contributed by atoms with Crippen molar-refractivity contribution in [2.24, 2.45) is 5.92 Å². The van der Waals surface area contributed by atoms with E-state index in [9.17, 15) is 0 Å². The Morgan fingerprint density at radius 1 is 1.31 bits per heavy atom. The van der Waals surface area contributed by atoms with Crippen LogP contribution in [0.15, 0.2) is 11.1 Å². The Kier molecular flexibility index (Phi) is 2.27. The summed E-state index contributed by atoms with van der Waals surface area (Å²) in [5, 5.41) is 0. The van der Waals surface area contributed by atoms with E-state index in [2.05, 4.69) is 20.9 Å². The van der Waals surface area contributed by atoms with E-state index in [1.807, 2.05) is 11.1 Å². The van der Waals surface area contributed by atoms with Crippen molar-refractivity contribution in [2.45, 2.75) is 57.9 Å². The molecular formula is C15H26N+. The van der Waals surface area contributed by atoms with Gasteiger partial charge in [0.15, 0.2) is 0 Å². The lowest BCUT2D eigenvalue weighted by Gasteiger charge is -2.48. The molecule has 2 aliphatic heterocycles. The molecule has 0 amide bonds. The quantitative estimate of drug-likeness (QED) is 0.468. The van der Waals surface area contributed by atoms with Crippen LogP contribution < -0.4 is 0 Å². The molecule has 0 spiro atoms. The molecule has 1 saturated heterocycles. The molecule has 0 aromatic rings. The zero-order valence-electron chi connectivity index (χ0n) is 11.2. The molecular weight excluding hydrogens is 194 g/mol.